The average molecular weight is 583 g/mol. The third-order valence-electron chi connectivity index (χ3n) is 7.13. The quantitative estimate of drug-likeness (QED) is 0.263. The largest absolute Gasteiger partial charge is 0.352 e. The zero-order valence-corrected chi connectivity index (χ0v) is 23.3. The lowest BCUT2D eigenvalue weighted by molar-refractivity contribution is -0.384. The first-order valence-corrected chi connectivity index (χ1v) is 14.7. The SMILES string of the molecule is C[C@H](C(=O)NC1CCCC1)N(Cc1ccccc1F)C(=O)CN(c1ccc([N+](=O)[O-])cc1)S(=O)(=O)c1ccccc1. The first-order chi connectivity index (χ1) is 19.6. The molecule has 0 bridgehead atoms. The van der Waals surface area contributed by atoms with Crippen molar-refractivity contribution in [3.8, 4) is 0 Å². The number of halogens is 1. The van der Waals surface area contributed by atoms with Crippen LogP contribution in [0.1, 0.15) is 38.2 Å². The number of benzene rings is 3. The molecule has 1 saturated carbocycles. The topological polar surface area (TPSA) is 130 Å². The molecule has 41 heavy (non-hydrogen) atoms. The Bertz CT molecular complexity index is 1500. The third-order valence-corrected chi connectivity index (χ3v) is 8.91. The van der Waals surface area contributed by atoms with E-state index in [-0.39, 0.29) is 34.4 Å². The molecule has 0 heterocycles. The lowest BCUT2D eigenvalue weighted by Crippen LogP contribution is -2.52. The summed E-state index contributed by atoms with van der Waals surface area (Å²) in [5, 5.41) is 14.1. The van der Waals surface area contributed by atoms with Crippen LogP contribution in [0.5, 0.6) is 0 Å². The van der Waals surface area contributed by atoms with Gasteiger partial charge in [0.05, 0.1) is 15.5 Å². The second-order valence-electron chi connectivity index (χ2n) is 9.88. The molecule has 0 radical (unpaired) electrons. The van der Waals surface area contributed by atoms with Gasteiger partial charge in [-0.15, -0.1) is 0 Å². The van der Waals surface area contributed by atoms with Crippen molar-refractivity contribution in [2.75, 3.05) is 10.8 Å². The van der Waals surface area contributed by atoms with Gasteiger partial charge in [-0.3, -0.25) is 24.0 Å². The number of nitro benzene ring substituents is 1. The van der Waals surface area contributed by atoms with Crippen molar-refractivity contribution in [1.82, 2.24) is 10.2 Å². The third kappa shape index (κ3) is 7.07. The van der Waals surface area contributed by atoms with Crippen molar-refractivity contribution >= 4 is 33.2 Å². The highest BCUT2D eigenvalue weighted by Crippen LogP contribution is 2.27. The van der Waals surface area contributed by atoms with Gasteiger partial charge in [-0.2, -0.15) is 0 Å². The van der Waals surface area contributed by atoms with Gasteiger partial charge in [0.1, 0.15) is 18.4 Å². The molecule has 3 aromatic carbocycles. The number of sulfonamides is 1. The van der Waals surface area contributed by atoms with Gasteiger partial charge in [0, 0.05) is 30.3 Å². The molecule has 0 aromatic heterocycles. The Balaban J connectivity index is 1.70. The molecular formula is C29H31FN4O6S. The Morgan fingerprint density at radius 1 is 1.00 bits per heavy atom. The smallest absolute Gasteiger partial charge is 0.269 e. The minimum atomic E-state index is -4.32. The minimum Gasteiger partial charge on any atom is -0.352 e. The van der Waals surface area contributed by atoms with Gasteiger partial charge in [-0.05, 0) is 50.1 Å². The van der Waals surface area contributed by atoms with Gasteiger partial charge < -0.3 is 10.2 Å². The van der Waals surface area contributed by atoms with Crippen molar-refractivity contribution in [3.63, 3.8) is 0 Å². The molecule has 3 aromatic rings. The molecule has 0 unspecified atom stereocenters. The number of rotatable bonds is 11. The van der Waals surface area contributed by atoms with Crippen molar-refractivity contribution in [1.29, 1.82) is 0 Å². The van der Waals surface area contributed by atoms with E-state index in [4.69, 9.17) is 0 Å². The number of non-ortho nitro benzene ring substituents is 1. The molecule has 4 rings (SSSR count). The predicted molar refractivity (Wildman–Crippen MR) is 151 cm³/mol. The molecule has 12 heteroatoms. The summed E-state index contributed by atoms with van der Waals surface area (Å²) in [4.78, 5) is 38.7. The van der Waals surface area contributed by atoms with Crippen LogP contribution in [0.25, 0.3) is 0 Å². The number of nitrogens with zero attached hydrogens (tertiary/aromatic N) is 3. The summed E-state index contributed by atoms with van der Waals surface area (Å²) in [6.45, 7) is 0.514. The van der Waals surface area contributed by atoms with Crippen LogP contribution in [-0.4, -0.2) is 48.7 Å². The molecule has 1 atom stereocenters. The van der Waals surface area contributed by atoms with Crippen LogP contribution in [0.4, 0.5) is 15.8 Å². The molecule has 0 aliphatic heterocycles. The van der Waals surface area contributed by atoms with Crippen LogP contribution < -0.4 is 9.62 Å². The summed E-state index contributed by atoms with van der Waals surface area (Å²) in [5.74, 6) is -1.74. The van der Waals surface area contributed by atoms with E-state index in [1.807, 2.05) is 0 Å². The number of nitrogens with one attached hydrogen (secondary N) is 1. The number of hydrogen-bond donors (Lipinski definition) is 1. The molecule has 0 saturated heterocycles. The molecule has 1 N–H and O–H groups in total. The predicted octanol–water partition coefficient (Wildman–Crippen LogP) is 4.41. The molecule has 1 fully saturated rings. The normalized spacial score (nSPS) is 14.3. The number of carbonyl (C=O) groups is 2. The lowest BCUT2D eigenvalue weighted by Gasteiger charge is -2.32. The lowest BCUT2D eigenvalue weighted by atomic mass is 10.1. The van der Waals surface area contributed by atoms with Crippen LogP contribution in [0.2, 0.25) is 0 Å². The van der Waals surface area contributed by atoms with E-state index in [9.17, 15) is 32.5 Å². The van der Waals surface area contributed by atoms with Crippen LogP contribution in [0, 0.1) is 15.9 Å². The molecule has 1 aliphatic carbocycles. The molecule has 0 spiro atoms. The summed E-state index contributed by atoms with van der Waals surface area (Å²) in [6.07, 6.45) is 3.61. The Kier molecular flexibility index (Phi) is 9.33. The van der Waals surface area contributed by atoms with Gasteiger partial charge in [0.25, 0.3) is 15.7 Å². The van der Waals surface area contributed by atoms with Gasteiger partial charge in [0.15, 0.2) is 0 Å². The Morgan fingerprint density at radius 3 is 2.22 bits per heavy atom. The van der Waals surface area contributed by atoms with E-state index < -0.39 is 45.2 Å². The van der Waals surface area contributed by atoms with E-state index in [2.05, 4.69) is 5.32 Å². The second kappa shape index (κ2) is 12.9. The van der Waals surface area contributed by atoms with Crippen molar-refractivity contribution < 1.29 is 27.3 Å². The highest BCUT2D eigenvalue weighted by atomic mass is 32.2. The number of carbonyl (C=O) groups excluding carboxylic acids is 2. The van der Waals surface area contributed by atoms with Gasteiger partial charge in [-0.25, -0.2) is 12.8 Å². The highest BCUT2D eigenvalue weighted by molar-refractivity contribution is 7.92. The fourth-order valence-corrected chi connectivity index (χ4v) is 6.21. The van der Waals surface area contributed by atoms with Crippen LogP contribution >= 0.6 is 0 Å². The van der Waals surface area contributed by atoms with Gasteiger partial charge >= 0.3 is 0 Å². The standard InChI is InChI=1S/C29H31FN4O6S/c1-21(29(36)31-23-10-6-7-11-23)32(19-22-9-5-8-14-27(22)30)28(35)20-33(24-15-17-25(18-16-24)34(37)38)41(39,40)26-12-3-2-4-13-26/h2-5,8-9,12-18,21,23H,6-7,10-11,19-20H2,1H3,(H,31,36)/t21-/m1/s1. The highest BCUT2D eigenvalue weighted by Gasteiger charge is 2.33. The molecular weight excluding hydrogens is 551 g/mol. The second-order valence-corrected chi connectivity index (χ2v) is 11.7. The van der Waals surface area contributed by atoms with E-state index in [1.165, 1.54) is 61.5 Å². The first kappa shape index (κ1) is 29.7. The Labute approximate surface area is 238 Å². The monoisotopic (exact) mass is 582 g/mol. The zero-order chi connectivity index (χ0) is 29.6. The van der Waals surface area contributed by atoms with Crippen LogP contribution in [0.15, 0.2) is 83.8 Å². The van der Waals surface area contributed by atoms with Crippen LogP contribution in [-0.2, 0) is 26.2 Å². The maximum atomic E-state index is 14.6. The maximum Gasteiger partial charge on any atom is 0.269 e. The summed E-state index contributed by atoms with van der Waals surface area (Å²) in [7, 11) is -4.32. The first-order valence-electron chi connectivity index (χ1n) is 13.2. The Morgan fingerprint density at radius 2 is 1.61 bits per heavy atom. The zero-order valence-electron chi connectivity index (χ0n) is 22.5. The van der Waals surface area contributed by atoms with Crippen molar-refractivity contribution in [2.24, 2.45) is 0 Å². The number of nitro groups is 1. The fourth-order valence-electron chi connectivity index (χ4n) is 4.77. The van der Waals surface area contributed by atoms with E-state index in [0.717, 1.165) is 47.0 Å². The Hall–Kier alpha value is -4.32. The number of amides is 2. The average Bonchev–Trinajstić information content (AvgIpc) is 3.48. The van der Waals surface area contributed by atoms with Gasteiger partial charge in [-0.1, -0.05) is 49.2 Å². The van der Waals surface area contributed by atoms with Crippen molar-refractivity contribution in [2.45, 2.75) is 56.1 Å². The summed E-state index contributed by atoms with van der Waals surface area (Å²) < 4.78 is 43.0. The molecule has 2 amide bonds. The molecule has 1 aliphatic rings. The van der Waals surface area contributed by atoms with Crippen molar-refractivity contribution in [3.05, 3.63) is 100 Å². The van der Waals surface area contributed by atoms with E-state index >= 15 is 0 Å². The fraction of sp³-hybridized carbons (Fsp3) is 0.310. The number of hydrogen-bond acceptors (Lipinski definition) is 6. The minimum absolute atomic E-state index is 0.0155. The molecule has 216 valence electrons. The maximum absolute atomic E-state index is 14.6. The van der Waals surface area contributed by atoms with E-state index in [1.54, 1.807) is 12.1 Å². The summed E-state index contributed by atoms with van der Waals surface area (Å²) >= 11 is 0. The molecule has 10 nitrogen and oxygen atoms in total. The van der Waals surface area contributed by atoms with E-state index in [0.29, 0.717) is 0 Å². The van der Waals surface area contributed by atoms with Gasteiger partial charge in [0.2, 0.25) is 11.8 Å². The number of anilines is 1. The summed E-state index contributed by atoms with van der Waals surface area (Å²) in [6, 6.07) is 17.0. The summed E-state index contributed by atoms with van der Waals surface area (Å²) in [5.41, 5.74) is -0.0774. The van der Waals surface area contributed by atoms with Crippen LogP contribution in [0.3, 0.4) is 0 Å².